The Balaban J connectivity index is 2.07. The van der Waals surface area contributed by atoms with Crippen molar-refractivity contribution in [2.24, 2.45) is 11.8 Å². The van der Waals surface area contributed by atoms with Crippen LogP contribution in [0, 0.1) is 11.8 Å². The Bertz CT molecular complexity index is 808. The van der Waals surface area contributed by atoms with Gasteiger partial charge in [0.2, 0.25) is 11.8 Å². The molecule has 1 spiro atoms. The summed E-state index contributed by atoms with van der Waals surface area (Å²) in [6.07, 6.45) is 5.51. The molecule has 0 aliphatic carbocycles. The average molecular weight is 479 g/mol. The first-order valence-corrected chi connectivity index (χ1v) is 12.7. The van der Waals surface area contributed by atoms with Crippen LogP contribution < -0.4 is 0 Å². The van der Waals surface area contributed by atoms with Crippen LogP contribution in [0.4, 0.5) is 0 Å². The molecule has 3 aliphatic heterocycles. The third kappa shape index (κ3) is 4.17. The predicted octanol–water partition coefficient (Wildman–Crippen LogP) is 2.68. The summed E-state index contributed by atoms with van der Waals surface area (Å²) in [5.74, 6) is -2.20. The van der Waals surface area contributed by atoms with Crippen LogP contribution in [0.3, 0.4) is 0 Å². The van der Waals surface area contributed by atoms with Gasteiger partial charge in [0.25, 0.3) is 0 Å². The molecule has 8 heteroatoms. The van der Waals surface area contributed by atoms with Gasteiger partial charge >= 0.3 is 5.97 Å². The van der Waals surface area contributed by atoms with Gasteiger partial charge in [-0.05, 0) is 66.2 Å². The minimum absolute atomic E-state index is 0.0903. The number of fused-ring (bicyclic) bond motifs is 1. The van der Waals surface area contributed by atoms with Crippen molar-refractivity contribution in [1.29, 1.82) is 0 Å². The summed E-state index contributed by atoms with van der Waals surface area (Å²) in [5.41, 5.74) is -2.30. The van der Waals surface area contributed by atoms with Gasteiger partial charge < -0.3 is 24.4 Å². The van der Waals surface area contributed by atoms with Crippen LogP contribution in [0.1, 0.15) is 73.1 Å². The Hall–Kier alpha value is -1.93. The second-order valence-electron chi connectivity index (χ2n) is 10.8. The van der Waals surface area contributed by atoms with Crippen molar-refractivity contribution in [3.05, 3.63) is 12.7 Å². The number of esters is 1. The Morgan fingerprint density at radius 1 is 1.26 bits per heavy atom. The number of hydrogen-bond acceptors (Lipinski definition) is 6. The van der Waals surface area contributed by atoms with E-state index in [1.165, 1.54) is 0 Å². The van der Waals surface area contributed by atoms with E-state index in [2.05, 4.69) is 6.58 Å². The second kappa shape index (κ2) is 9.97. The Labute approximate surface area is 203 Å². The third-order valence-corrected chi connectivity index (χ3v) is 7.90. The lowest BCUT2D eigenvalue weighted by atomic mass is 9.65. The van der Waals surface area contributed by atoms with E-state index in [1.54, 1.807) is 22.8 Å². The highest BCUT2D eigenvalue weighted by atomic mass is 16.6. The summed E-state index contributed by atoms with van der Waals surface area (Å²) in [7, 11) is 0. The van der Waals surface area contributed by atoms with Crippen molar-refractivity contribution in [1.82, 2.24) is 9.80 Å². The van der Waals surface area contributed by atoms with Gasteiger partial charge in [0.05, 0.1) is 18.1 Å². The highest BCUT2D eigenvalue weighted by Gasteiger charge is 2.79. The summed E-state index contributed by atoms with van der Waals surface area (Å²) in [6.45, 7) is 14.5. The number of ether oxygens (including phenoxy) is 2. The minimum atomic E-state index is -1.04. The molecule has 3 rings (SSSR count). The van der Waals surface area contributed by atoms with E-state index >= 15 is 0 Å². The smallest absolute Gasteiger partial charge is 0.312 e. The summed E-state index contributed by atoms with van der Waals surface area (Å²) in [5, 5.41) is 9.17. The third-order valence-electron chi connectivity index (χ3n) is 7.90. The molecule has 192 valence electrons. The average Bonchev–Trinajstić information content (AvgIpc) is 3.38. The number of aliphatic hydroxyl groups excluding tert-OH is 1. The number of amides is 2. The van der Waals surface area contributed by atoms with Gasteiger partial charge in [-0.3, -0.25) is 14.4 Å². The van der Waals surface area contributed by atoms with Gasteiger partial charge in [0.15, 0.2) is 0 Å². The lowest BCUT2D eigenvalue weighted by Crippen LogP contribution is -2.60. The number of likely N-dealkylation sites (tertiary alicyclic amines) is 1. The van der Waals surface area contributed by atoms with Crippen molar-refractivity contribution in [2.45, 2.75) is 95.9 Å². The summed E-state index contributed by atoms with van der Waals surface area (Å²) in [4.78, 5) is 44.7. The largest absolute Gasteiger partial charge is 0.466 e. The topological polar surface area (TPSA) is 96.4 Å². The van der Waals surface area contributed by atoms with Crippen LogP contribution in [0.2, 0.25) is 0 Å². The molecule has 2 amide bonds. The van der Waals surface area contributed by atoms with Crippen LogP contribution in [-0.4, -0.2) is 81.8 Å². The van der Waals surface area contributed by atoms with Gasteiger partial charge in [-0.15, -0.1) is 6.58 Å². The zero-order valence-electron chi connectivity index (χ0n) is 21.5. The molecule has 3 heterocycles. The number of rotatable bonds is 11. The molecule has 0 saturated carbocycles. The fourth-order valence-corrected chi connectivity index (χ4v) is 6.37. The van der Waals surface area contributed by atoms with Crippen LogP contribution in [0.25, 0.3) is 0 Å². The van der Waals surface area contributed by atoms with Gasteiger partial charge in [0, 0.05) is 25.2 Å². The molecular formula is C26H42N2O6. The normalized spacial score (nSPS) is 32.1. The number of carbonyl (C=O) groups is 3. The van der Waals surface area contributed by atoms with E-state index in [0.717, 1.165) is 6.42 Å². The highest BCUT2D eigenvalue weighted by molar-refractivity contribution is 5.98. The highest BCUT2D eigenvalue weighted by Crippen LogP contribution is 2.64. The standard InChI is InChI=1S/C26H42N2O6/c1-7-15-28(24(4,5)6)22(31)20-26-14-13-25(8-2,34-26)19(23(32)33-9-3)18(26)21(30)27(20)16-11-10-12-17-29/h7,18-20,29H,1,8-17H2,2-6H3/t18-,19-,20?,25+,26?/m0/s1. The maximum atomic E-state index is 14.2. The molecule has 8 nitrogen and oxygen atoms in total. The lowest BCUT2D eigenvalue weighted by Gasteiger charge is -2.42. The predicted molar refractivity (Wildman–Crippen MR) is 128 cm³/mol. The van der Waals surface area contributed by atoms with E-state index in [1.807, 2.05) is 27.7 Å². The molecule has 3 saturated heterocycles. The number of aliphatic hydroxyl groups is 1. The second-order valence-corrected chi connectivity index (χ2v) is 10.8. The summed E-state index contributed by atoms with van der Waals surface area (Å²) >= 11 is 0. The quantitative estimate of drug-likeness (QED) is 0.279. The van der Waals surface area contributed by atoms with E-state index in [0.29, 0.717) is 45.2 Å². The summed E-state index contributed by atoms with van der Waals surface area (Å²) in [6, 6.07) is -0.800. The zero-order valence-corrected chi connectivity index (χ0v) is 21.5. The molecule has 2 bridgehead atoms. The fourth-order valence-electron chi connectivity index (χ4n) is 6.37. The molecule has 3 fully saturated rings. The molecule has 34 heavy (non-hydrogen) atoms. The maximum absolute atomic E-state index is 14.2. The molecule has 0 aromatic rings. The number of hydrogen-bond donors (Lipinski definition) is 1. The molecule has 3 aliphatic rings. The lowest BCUT2D eigenvalue weighted by molar-refractivity contribution is -0.162. The van der Waals surface area contributed by atoms with Crippen LogP contribution in [-0.2, 0) is 23.9 Å². The first-order valence-electron chi connectivity index (χ1n) is 12.7. The number of nitrogens with zero attached hydrogens (tertiary/aromatic N) is 2. The molecule has 2 unspecified atom stereocenters. The van der Waals surface area contributed by atoms with Gasteiger partial charge in [-0.2, -0.15) is 0 Å². The molecular weight excluding hydrogens is 436 g/mol. The van der Waals surface area contributed by atoms with E-state index in [4.69, 9.17) is 14.6 Å². The SMILES string of the molecule is C=CCN(C(=O)C1N(CCCCCO)C(=O)[C@@H]2[C@@H](C(=O)OCC)[C@@]3(CC)CCC12O3)C(C)(C)C. The maximum Gasteiger partial charge on any atom is 0.312 e. The Morgan fingerprint density at radius 3 is 2.53 bits per heavy atom. The minimum Gasteiger partial charge on any atom is -0.466 e. The van der Waals surface area contributed by atoms with Crippen molar-refractivity contribution in [3.8, 4) is 0 Å². The fraction of sp³-hybridized carbons (Fsp3) is 0.808. The Kier molecular flexibility index (Phi) is 7.82. The van der Waals surface area contributed by atoms with E-state index in [-0.39, 0.29) is 25.0 Å². The zero-order chi connectivity index (χ0) is 25.3. The molecule has 0 aromatic heterocycles. The molecule has 5 atom stereocenters. The van der Waals surface area contributed by atoms with E-state index in [9.17, 15) is 14.4 Å². The van der Waals surface area contributed by atoms with Crippen LogP contribution >= 0.6 is 0 Å². The number of carbonyl (C=O) groups excluding carboxylic acids is 3. The van der Waals surface area contributed by atoms with Crippen molar-refractivity contribution >= 4 is 17.8 Å². The first-order chi connectivity index (χ1) is 16.0. The monoisotopic (exact) mass is 478 g/mol. The van der Waals surface area contributed by atoms with Gasteiger partial charge in [0.1, 0.15) is 17.6 Å². The van der Waals surface area contributed by atoms with Crippen LogP contribution in [0.15, 0.2) is 12.7 Å². The summed E-state index contributed by atoms with van der Waals surface area (Å²) < 4.78 is 12.1. The Morgan fingerprint density at radius 2 is 1.97 bits per heavy atom. The van der Waals surface area contributed by atoms with E-state index < -0.39 is 40.6 Å². The molecule has 0 aromatic carbocycles. The first kappa shape index (κ1) is 26.7. The molecule has 1 N–H and O–H groups in total. The molecule has 0 radical (unpaired) electrons. The number of unbranched alkanes of at least 4 members (excludes halogenated alkanes) is 2. The van der Waals surface area contributed by atoms with Crippen molar-refractivity contribution < 1.29 is 29.0 Å². The van der Waals surface area contributed by atoms with Crippen molar-refractivity contribution in [2.75, 3.05) is 26.3 Å². The van der Waals surface area contributed by atoms with Gasteiger partial charge in [-0.1, -0.05) is 13.0 Å². The van der Waals surface area contributed by atoms with Crippen LogP contribution in [0.5, 0.6) is 0 Å². The van der Waals surface area contributed by atoms with Crippen molar-refractivity contribution in [3.63, 3.8) is 0 Å². The van der Waals surface area contributed by atoms with Gasteiger partial charge in [-0.25, -0.2) is 0 Å².